The maximum absolute atomic E-state index is 10.8. The molecule has 0 radical (unpaired) electrons. The average Bonchev–Trinajstić information content (AvgIpc) is 3.22. The lowest BCUT2D eigenvalue weighted by atomic mass is 9.70. The van der Waals surface area contributed by atoms with Gasteiger partial charge >= 0.3 is 5.97 Å². The lowest BCUT2D eigenvalue weighted by Crippen LogP contribution is -2.28. The Bertz CT molecular complexity index is 1080. The summed E-state index contributed by atoms with van der Waals surface area (Å²) in [5.41, 5.74) is 5.48. The second-order valence-electron chi connectivity index (χ2n) is 8.27. The third-order valence-electron chi connectivity index (χ3n) is 5.73. The van der Waals surface area contributed by atoms with Crippen molar-refractivity contribution in [1.82, 2.24) is 9.55 Å². The maximum Gasteiger partial charge on any atom is 0.307 e. The molecule has 4 heteroatoms. The van der Waals surface area contributed by atoms with E-state index in [2.05, 4.69) is 53.4 Å². The van der Waals surface area contributed by atoms with Gasteiger partial charge in [0.05, 0.1) is 18.8 Å². The highest BCUT2D eigenvalue weighted by Crippen LogP contribution is 2.43. The zero-order valence-corrected chi connectivity index (χ0v) is 16.7. The van der Waals surface area contributed by atoms with Gasteiger partial charge in [-0.25, -0.2) is 4.98 Å². The molecule has 0 saturated heterocycles. The molecular formula is C25H24N2O2. The van der Waals surface area contributed by atoms with E-state index in [0.717, 1.165) is 29.5 Å². The molecule has 0 saturated carbocycles. The number of benzene rings is 2. The summed E-state index contributed by atoms with van der Waals surface area (Å²) in [6.07, 6.45) is 8.02. The molecule has 1 aliphatic carbocycles. The molecule has 4 nitrogen and oxygen atoms in total. The topological polar surface area (TPSA) is 55.1 Å². The predicted molar refractivity (Wildman–Crippen MR) is 113 cm³/mol. The molecule has 29 heavy (non-hydrogen) atoms. The van der Waals surface area contributed by atoms with Crippen molar-refractivity contribution < 1.29 is 9.90 Å². The van der Waals surface area contributed by atoms with E-state index in [-0.39, 0.29) is 11.8 Å². The van der Waals surface area contributed by atoms with Crippen LogP contribution in [0.5, 0.6) is 0 Å². The first-order valence-electron chi connectivity index (χ1n) is 9.87. The van der Waals surface area contributed by atoms with Crippen molar-refractivity contribution in [3.05, 3.63) is 89.0 Å². The fraction of sp³-hybridized carbons (Fsp3) is 0.280. The largest absolute Gasteiger partial charge is 0.481 e. The van der Waals surface area contributed by atoms with Crippen LogP contribution < -0.4 is 0 Å². The summed E-state index contributed by atoms with van der Waals surface area (Å²) in [6, 6.07) is 14.3. The van der Waals surface area contributed by atoms with Crippen LogP contribution in [0.15, 0.2) is 61.2 Å². The Morgan fingerprint density at radius 1 is 1.17 bits per heavy atom. The minimum absolute atomic E-state index is 0.0334. The van der Waals surface area contributed by atoms with Gasteiger partial charge in [-0.05, 0) is 59.2 Å². The lowest BCUT2D eigenvalue weighted by molar-refractivity contribution is -0.136. The Morgan fingerprint density at radius 2 is 1.90 bits per heavy atom. The molecule has 1 unspecified atom stereocenters. The summed E-state index contributed by atoms with van der Waals surface area (Å²) in [5.74, 6) is 5.65. The molecule has 1 aromatic heterocycles. The molecule has 0 aliphatic heterocycles. The smallest absolute Gasteiger partial charge is 0.307 e. The summed E-state index contributed by atoms with van der Waals surface area (Å²) in [6.45, 7) is 4.60. The monoisotopic (exact) mass is 384 g/mol. The molecule has 1 heterocycles. The van der Waals surface area contributed by atoms with Gasteiger partial charge in [0.2, 0.25) is 0 Å². The average molecular weight is 384 g/mol. The van der Waals surface area contributed by atoms with E-state index in [0.29, 0.717) is 6.04 Å². The van der Waals surface area contributed by atoms with Crippen LogP contribution in [0.3, 0.4) is 0 Å². The van der Waals surface area contributed by atoms with Crippen LogP contribution in [0, 0.1) is 11.8 Å². The molecule has 0 fully saturated rings. The molecule has 0 spiro atoms. The first kappa shape index (κ1) is 19.0. The van der Waals surface area contributed by atoms with Crippen LogP contribution in [-0.2, 0) is 16.6 Å². The number of fused-ring (bicyclic) bond motifs is 1. The summed E-state index contributed by atoms with van der Waals surface area (Å²) in [4.78, 5) is 15.0. The molecule has 2 aromatic carbocycles. The van der Waals surface area contributed by atoms with Crippen molar-refractivity contribution >= 4 is 5.97 Å². The molecule has 0 bridgehead atoms. The van der Waals surface area contributed by atoms with E-state index < -0.39 is 5.97 Å². The van der Waals surface area contributed by atoms with Gasteiger partial charge in [-0.1, -0.05) is 43.9 Å². The van der Waals surface area contributed by atoms with Crippen LogP contribution in [0.4, 0.5) is 0 Å². The number of aromatic nitrogens is 2. The molecule has 146 valence electrons. The molecular weight excluding hydrogens is 360 g/mol. The highest BCUT2D eigenvalue weighted by molar-refractivity contribution is 5.70. The van der Waals surface area contributed by atoms with Crippen molar-refractivity contribution in [1.29, 1.82) is 0 Å². The molecule has 1 N–H and O–H groups in total. The SMILES string of the molecule is CC1(C)CCC(n2ccnc2)c2ccc(C#Cc3ccc(CC(=O)O)cc3)cc21. The van der Waals surface area contributed by atoms with Crippen molar-refractivity contribution in [3.8, 4) is 11.8 Å². The van der Waals surface area contributed by atoms with Crippen LogP contribution in [0.25, 0.3) is 0 Å². The number of imidazole rings is 1. The summed E-state index contributed by atoms with van der Waals surface area (Å²) in [7, 11) is 0. The van der Waals surface area contributed by atoms with Crippen molar-refractivity contribution in [2.24, 2.45) is 0 Å². The van der Waals surface area contributed by atoms with Gasteiger partial charge in [0.1, 0.15) is 0 Å². The van der Waals surface area contributed by atoms with Gasteiger partial charge in [-0.3, -0.25) is 4.79 Å². The quantitative estimate of drug-likeness (QED) is 0.673. The van der Waals surface area contributed by atoms with Crippen LogP contribution in [0.2, 0.25) is 0 Å². The van der Waals surface area contributed by atoms with E-state index in [4.69, 9.17) is 5.11 Å². The minimum atomic E-state index is -0.825. The highest BCUT2D eigenvalue weighted by atomic mass is 16.4. The normalized spacial score (nSPS) is 17.1. The van der Waals surface area contributed by atoms with E-state index >= 15 is 0 Å². The third-order valence-corrected chi connectivity index (χ3v) is 5.73. The number of hydrogen-bond donors (Lipinski definition) is 1. The van der Waals surface area contributed by atoms with Crippen LogP contribution >= 0.6 is 0 Å². The van der Waals surface area contributed by atoms with E-state index in [1.165, 1.54) is 11.1 Å². The van der Waals surface area contributed by atoms with E-state index in [1.54, 1.807) is 0 Å². The number of carboxylic acids is 1. The van der Waals surface area contributed by atoms with Crippen molar-refractivity contribution in [2.75, 3.05) is 0 Å². The molecule has 1 atom stereocenters. The van der Waals surface area contributed by atoms with Gasteiger partial charge in [0, 0.05) is 23.5 Å². The van der Waals surface area contributed by atoms with Crippen LogP contribution in [-0.4, -0.2) is 20.6 Å². The van der Waals surface area contributed by atoms with Gasteiger partial charge in [0.15, 0.2) is 0 Å². The number of nitrogens with zero attached hydrogens (tertiary/aromatic N) is 2. The Morgan fingerprint density at radius 3 is 2.59 bits per heavy atom. The van der Waals surface area contributed by atoms with E-state index in [9.17, 15) is 4.79 Å². The van der Waals surface area contributed by atoms with Gasteiger partial charge in [-0.2, -0.15) is 0 Å². The Balaban J connectivity index is 1.63. The number of carboxylic acid groups (broad SMARTS) is 1. The molecule has 4 rings (SSSR count). The van der Waals surface area contributed by atoms with Crippen molar-refractivity contribution in [2.45, 2.75) is 44.6 Å². The standard InChI is InChI=1S/C25H24N2O2/c1-25(2)12-11-23(27-14-13-26-17-27)21-10-9-19(15-22(21)25)6-3-18-4-7-20(8-5-18)16-24(28)29/h4-5,7-10,13-15,17,23H,11-12,16H2,1-2H3,(H,28,29). The van der Waals surface area contributed by atoms with E-state index in [1.807, 2.05) is 43.0 Å². The molecule has 3 aromatic rings. The maximum atomic E-state index is 10.8. The first-order valence-corrected chi connectivity index (χ1v) is 9.87. The van der Waals surface area contributed by atoms with Crippen molar-refractivity contribution in [3.63, 3.8) is 0 Å². The summed E-state index contributed by atoms with van der Waals surface area (Å²) in [5, 5.41) is 8.87. The number of aliphatic carboxylic acids is 1. The highest BCUT2D eigenvalue weighted by Gasteiger charge is 2.33. The minimum Gasteiger partial charge on any atom is -0.481 e. The van der Waals surface area contributed by atoms with Gasteiger partial charge in [-0.15, -0.1) is 0 Å². The third kappa shape index (κ3) is 4.09. The Kier molecular flexibility index (Phi) is 4.98. The number of hydrogen-bond acceptors (Lipinski definition) is 2. The van der Waals surface area contributed by atoms with Crippen LogP contribution in [0.1, 0.15) is 60.5 Å². The number of carbonyl (C=O) groups is 1. The fourth-order valence-corrected chi connectivity index (χ4v) is 4.09. The summed E-state index contributed by atoms with van der Waals surface area (Å²) >= 11 is 0. The zero-order valence-electron chi connectivity index (χ0n) is 16.7. The predicted octanol–water partition coefficient (Wildman–Crippen LogP) is 4.57. The Hall–Kier alpha value is -3.32. The second-order valence-corrected chi connectivity index (χ2v) is 8.27. The lowest BCUT2D eigenvalue weighted by Gasteiger charge is -2.37. The molecule has 0 amide bonds. The second kappa shape index (κ2) is 7.60. The fourth-order valence-electron chi connectivity index (χ4n) is 4.09. The van der Waals surface area contributed by atoms with Gasteiger partial charge < -0.3 is 9.67 Å². The van der Waals surface area contributed by atoms with Gasteiger partial charge in [0.25, 0.3) is 0 Å². The number of rotatable bonds is 3. The Labute approximate surface area is 171 Å². The molecule has 1 aliphatic rings. The zero-order chi connectivity index (χ0) is 20.4. The first-order chi connectivity index (χ1) is 13.9. The summed E-state index contributed by atoms with van der Waals surface area (Å²) < 4.78 is 2.19.